The Bertz CT molecular complexity index is 647. The smallest absolute Gasteiger partial charge is 0.333 e. The van der Waals surface area contributed by atoms with Crippen molar-refractivity contribution >= 4 is 5.97 Å². The van der Waals surface area contributed by atoms with Crippen LogP contribution in [0.4, 0.5) is 0 Å². The number of carbonyl (C=O) groups is 1. The first-order valence-corrected chi connectivity index (χ1v) is 8.67. The molecule has 25 heavy (non-hydrogen) atoms. The number of methoxy groups -OCH3 is 1. The fraction of sp³-hybridized carbons (Fsp3) is 0.381. The molecule has 0 amide bonds. The number of carboxylic acid groups (broad SMARTS) is 1. The van der Waals surface area contributed by atoms with Crippen LogP contribution in [0.15, 0.2) is 48.5 Å². The van der Waals surface area contributed by atoms with Crippen LogP contribution in [0, 0.1) is 0 Å². The van der Waals surface area contributed by atoms with E-state index in [0.717, 1.165) is 23.3 Å². The summed E-state index contributed by atoms with van der Waals surface area (Å²) in [5, 5.41) is 9.02. The van der Waals surface area contributed by atoms with Gasteiger partial charge < -0.3 is 14.6 Å². The summed E-state index contributed by atoms with van der Waals surface area (Å²) in [5.74, 6) is -0.0908. The van der Waals surface area contributed by atoms with Gasteiger partial charge in [-0.1, -0.05) is 49.7 Å². The molecule has 0 fully saturated rings. The molecule has 0 spiro atoms. The Balaban J connectivity index is 1.85. The maximum atomic E-state index is 11.0. The van der Waals surface area contributed by atoms with E-state index in [-0.39, 0.29) is 0 Å². The number of unbranched alkanes of at least 4 members (excludes halogenated alkanes) is 1. The Kier molecular flexibility index (Phi) is 7.48. The van der Waals surface area contributed by atoms with E-state index in [4.69, 9.17) is 14.6 Å². The summed E-state index contributed by atoms with van der Waals surface area (Å²) in [6.07, 6.45) is 3.06. The molecule has 0 heterocycles. The fourth-order valence-electron chi connectivity index (χ4n) is 2.56. The van der Waals surface area contributed by atoms with Crippen LogP contribution in [0.3, 0.4) is 0 Å². The van der Waals surface area contributed by atoms with Crippen molar-refractivity contribution in [3.63, 3.8) is 0 Å². The maximum absolute atomic E-state index is 11.0. The van der Waals surface area contributed by atoms with E-state index in [0.29, 0.717) is 13.0 Å². The van der Waals surface area contributed by atoms with Gasteiger partial charge in [0, 0.05) is 13.5 Å². The van der Waals surface area contributed by atoms with E-state index >= 15 is 0 Å². The van der Waals surface area contributed by atoms with E-state index in [1.807, 2.05) is 36.4 Å². The molecular formula is C21H26O4. The van der Waals surface area contributed by atoms with Crippen molar-refractivity contribution in [3.8, 4) is 5.75 Å². The number of aryl methyl sites for hydroxylation is 1. The minimum absolute atomic E-state index is 0.353. The third-order valence-corrected chi connectivity index (χ3v) is 4.15. The van der Waals surface area contributed by atoms with Crippen molar-refractivity contribution in [2.24, 2.45) is 0 Å². The number of aliphatic carboxylic acids is 1. The SMILES string of the molecule is CCCCc1ccc(OCc2ccc(C[C@H](OC)C(=O)O)cc2)cc1. The van der Waals surface area contributed by atoms with Crippen molar-refractivity contribution < 1.29 is 19.4 Å². The molecule has 2 aromatic carbocycles. The Morgan fingerprint density at radius 2 is 1.60 bits per heavy atom. The Morgan fingerprint density at radius 3 is 2.16 bits per heavy atom. The van der Waals surface area contributed by atoms with E-state index < -0.39 is 12.1 Å². The van der Waals surface area contributed by atoms with Gasteiger partial charge in [0.2, 0.25) is 0 Å². The molecule has 0 aliphatic rings. The van der Waals surface area contributed by atoms with Gasteiger partial charge in [-0.25, -0.2) is 4.79 Å². The zero-order valence-electron chi connectivity index (χ0n) is 14.9. The maximum Gasteiger partial charge on any atom is 0.333 e. The first-order chi connectivity index (χ1) is 12.1. The van der Waals surface area contributed by atoms with Crippen molar-refractivity contribution in [3.05, 3.63) is 65.2 Å². The molecule has 0 aromatic heterocycles. The summed E-state index contributed by atoms with van der Waals surface area (Å²) in [5.41, 5.74) is 3.31. The van der Waals surface area contributed by atoms with Crippen LogP contribution in [-0.4, -0.2) is 24.3 Å². The largest absolute Gasteiger partial charge is 0.489 e. The van der Waals surface area contributed by atoms with Crippen LogP contribution in [0.1, 0.15) is 36.5 Å². The number of carboxylic acids is 1. The molecule has 0 saturated carbocycles. The molecule has 1 atom stereocenters. The third kappa shape index (κ3) is 6.24. The van der Waals surface area contributed by atoms with E-state index in [2.05, 4.69) is 19.1 Å². The molecule has 0 radical (unpaired) electrons. The van der Waals surface area contributed by atoms with Gasteiger partial charge in [-0.05, 0) is 41.7 Å². The fourth-order valence-corrected chi connectivity index (χ4v) is 2.56. The van der Waals surface area contributed by atoms with E-state index in [1.165, 1.54) is 25.5 Å². The highest BCUT2D eigenvalue weighted by Gasteiger charge is 2.16. The average Bonchev–Trinajstić information content (AvgIpc) is 2.64. The lowest BCUT2D eigenvalue weighted by atomic mass is 10.1. The number of hydrogen-bond donors (Lipinski definition) is 1. The highest BCUT2D eigenvalue weighted by molar-refractivity contribution is 5.72. The standard InChI is InChI=1S/C21H26O4/c1-3-4-5-16-10-12-19(13-11-16)25-15-18-8-6-17(7-9-18)14-20(24-2)21(22)23/h6-13,20H,3-5,14-15H2,1-2H3,(H,22,23)/t20-/m0/s1. The first-order valence-electron chi connectivity index (χ1n) is 8.67. The first kappa shape index (κ1) is 19.0. The quantitative estimate of drug-likeness (QED) is 0.701. The van der Waals surface area contributed by atoms with Crippen molar-refractivity contribution in [2.75, 3.05) is 7.11 Å². The van der Waals surface area contributed by atoms with Gasteiger partial charge >= 0.3 is 5.97 Å². The third-order valence-electron chi connectivity index (χ3n) is 4.15. The number of hydrogen-bond acceptors (Lipinski definition) is 3. The summed E-state index contributed by atoms with van der Waals surface area (Å²) in [7, 11) is 1.41. The number of benzene rings is 2. The van der Waals surface area contributed by atoms with Crippen LogP contribution in [-0.2, 0) is 29.0 Å². The predicted octanol–water partition coefficient (Wildman–Crippen LogP) is 4.25. The van der Waals surface area contributed by atoms with Crippen molar-refractivity contribution in [2.45, 2.75) is 45.3 Å². The number of ether oxygens (including phenoxy) is 2. The molecule has 0 unspecified atom stereocenters. The molecule has 4 nitrogen and oxygen atoms in total. The highest BCUT2D eigenvalue weighted by atomic mass is 16.5. The van der Waals surface area contributed by atoms with Gasteiger partial charge in [-0.15, -0.1) is 0 Å². The molecule has 0 aliphatic carbocycles. The molecule has 2 aromatic rings. The van der Waals surface area contributed by atoms with E-state index in [9.17, 15) is 4.79 Å². The Morgan fingerprint density at radius 1 is 1.00 bits per heavy atom. The van der Waals surface area contributed by atoms with Gasteiger partial charge in [0.05, 0.1) is 0 Å². The minimum atomic E-state index is -0.947. The normalized spacial score (nSPS) is 11.9. The second-order valence-electron chi connectivity index (χ2n) is 6.12. The molecule has 4 heteroatoms. The van der Waals surface area contributed by atoms with Crippen molar-refractivity contribution in [1.82, 2.24) is 0 Å². The zero-order chi connectivity index (χ0) is 18.1. The van der Waals surface area contributed by atoms with Gasteiger partial charge in [-0.2, -0.15) is 0 Å². The second kappa shape index (κ2) is 9.84. The molecular weight excluding hydrogens is 316 g/mol. The van der Waals surface area contributed by atoms with Gasteiger partial charge in [0.15, 0.2) is 6.10 Å². The molecule has 2 rings (SSSR count). The molecule has 0 saturated heterocycles. The van der Waals surface area contributed by atoms with Crippen LogP contribution >= 0.6 is 0 Å². The topological polar surface area (TPSA) is 55.8 Å². The predicted molar refractivity (Wildman–Crippen MR) is 98.0 cm³/mol. The molecule has 1 N–H and O–H groups in total. The number of rotatable bonds is 10. The lowest BCUT2D eigenvalue weighted by Crippen LogP contribution is -2.24. The molecule has 0 aliphatic heterocycles. The zero-order valence-corrected chi connectivity index (χ0v) is 14.9. The van der Waals surface area contributed by atoms with Crippen LogP contribution in [0.5, 0.6) is 5.75 Å². The lowest BCUT2D eigenvalue weighted by Gasteiger charge is -2.11. The van der Waals surface area contributed by atoms with E-state index in [1.54, 1.807) is 0 Å². The summed E-state index contributed by atoms with van der Waals surface area (Å²) < 4.78 is 10.8. The summed E-state index contributed by atoms with van der Waals surface area (Å²) in [6.45, 7) is 2.68. The van der Waals surface area contributed by atoms with Crippen LogP contribution < -0.4 is 4.74 Å². The summed E-state index contributed by atoms with van der Waals surface area (Å²) in [4.78, 5) is 11.0. The molecule has 134 valence electrons. The van der Waals surface area contributed by atoms with Crippen LogP contribution in [0.25, 0.3) is 0 Å². The van der Waals surface area contributed by atoms with Crippen LogP contribution in [0.2, 0.25) is 0 Å². The summed E-state index contributed by atoms with van der Waals surface area (Å²) >= 11 is 0. The van der Waals surface area contributed by atoms with Gasteiger partial charge in [0.1, 0.15) is 12.4 Å². The molecule has 0 bridgehead atoms. The Hall–Kier alpha value is -2.33. The monoisotopic (exact) mass is 342 g/mol. The lowest BCUT2D eigenvalue weighted by molar-refractivity contribution is -0.148. The van der Waals surface area contributed by atoms with Crippen molar-refractivity contribution in [1.29, 1.82) is 0 Å². The Labute approximate surface area is 149 Å². The highest BCUT2D eigenvalue weighted by Crippen LogP contribution is 2.16. The van der Waals surface area contributed by atoms with Gasteiger partial charge in [0.25, 0.3) is 0 Å². The minimum Gasteiger partial charge on any atom is -0.489 e. The second-order valence-corrected chi connectivity index (χ2v) is 6.12. The average molecular weight is 342 g/mol. The van der Waals surface area contributed by atoms with Gasteiger partial charge in [-0.3, -0.25) is 0 Å². The summed E-state index contributed by atoms with van der Waals surface area (Å²) in [6, 6.07) is 16.0.